The number of ether oxygens (including phenoxy) is 1. The Bertz CT molecular complexity index is 757. The van der Waals surface area contributed by atoms with Crippen LogP contribution in [-0.4, -0.2) is 11.0 Å². The molecule has 2 aromatic rings. The Morgan fingerprint density at radius 2 is 2.14 bits per heavy atom. The second-order valence-electron chi connectivity index (χ2n) is 5.53. The standard InChI is InChI=1S/C16H14N2O3/c1-10-5-6-11-3-2-4-14-16(11)17(10)13-8-7-12(18(19)20)9-15(13)21-14/h2-4,7-10H,5-6H2,1H3/t10-/m0/s1. The van der Waals surface area contributed by atoms with Gasteiger partial charge in [0.2, 0.25) is 0 Å². The molecule has 0 amide bonds. The zero-order valence-electron chi connectivity index (χ0n) is 11.6. The van der Waals surface area contributed by atoms with Gasteiger partial charge in [-0.2, -0.15) is 0 Å². The van der Waals surface area contributed by atoms with E-state index < -0.39 is 4.92 Å². The lowest BCUT2D eigenvalue weighted by atomic mass is 9.94. The quantitative estimate of drug-likeness (QED) is 0.581. The first-order chi connectivity index (χ1) is 10.1. The van der Waals surface area contributed by atoms with Crippen LogP contribution in [0.2, 0.25) is 0 Å². The molecular weight excluding hydrogens is 268 g/mol. The first-order valence-electron chi connectivity index (χ1n) is 7.02. The van der Waals surface area contributed by atoms with E-state index in [9.17, 15) is 10.1 Å². The van der Waals surface area contributed by atoms with Crippen LogP contribution in [0.4, 0.5) is 17.1 Å². The Kier molecular flexibility index (Phi) is 2.45. The smallest absolute Gasteiger partial charge is 0.273 e. The summed E-state index contributed by atoms with van der Waals surface area (Å²) in [7, 11) is 0. The number of benzene rings is 2. The lowest BCUT2D eigenvalue weighted by Crippen LogP contribution is -2.35. The highest BCUT2D eigenvalue weighted by Crippen LogP contribution is 2.52. The summed E-state index contributed by atoms with van der Waals surface area (Å²) in [5, 5.41) is 10.9. The van der Waals surface area contributed by atoms with Crippen LogP contribution in [0, 0.1) is 10.1 Å². The highest BCUT2D eigenvalue weighted by Gasteiger charge is 2.33. The number of hydrogen-bond donors (Lipinski definition) is 0. The van der Waals surface area contributed by atoms with Crippen LogP contribution in [0.3, 0.4) is 0 Å². The van der Waals surface area contributed by atoms with Gasteiger partial charge in [-0.3, -0.25) is 10.1 Å². The van der Waals surface area contributed by atoms with E-state index in [2.05, 4.69) is 17.9 Å². The summed E-state index contributed by atoms with van der Waals surface area (Å²) in [5.41, 5.74) is 3.35. The third kappa shape index (κ3) is 1.70. The number of hydrogen-bond acceptors (Lipinski definition) is 4. The molecule has 1 atom stereocenters. The predicted molar refractivity (Wildman–Crippen MR) is 79.5 cm³/mol. The molecule has 0 saturated heterocycles. The number of aryl methyl sites for hydroxylation is 1. The third-order valence-electron chi connectivity index (χ3n) is 4.23. The maximum atomic E-state index is 10.9. The molecule has 5 nitrogen and oxygen atoms in total. The number of rotatable bonds is 1. The van der Waals surface area contributed by atoms with Gasteiger partial charge in [0.25, 0.3) is 5.69 Å². The summed E-state index contributed by atoms with van der Waals surface area (Å²) < 4.78 is 5.92. The monoisotopic (exact) mass is 282 g/mol. The van der Waals surface area contributed by atoms with E-state index in [1.54, 1.807) is 6.07 Å². The van der Waals surface area contributed by atoms with Gasteiger partial charge < -0.3 is 9.64 Å². The molecule has 0 aliphatic carbocycles. The van der Waals surface area contributed by atoms with Gasteiger partial charge in [-0.25, -0.2) is 0 Å². The van der Waals surface area contributed by atoms with Gasteiger partial charge in [0, 0.05) is 12.1 Å². The highest BCUT2D eigenvalue weighted by molar-refractivity contribution is 5.82. The lowest BCUT2D eigenvalue weighted by molar-refractivity contribution is -0.384. The number of nitro groups is 1. The van der Waals surface area contributed by atoms with Crippen LogP contribution in [0.25, 0.3) is 0 Å². The number of anilines is 2. The highest BCUT2D eigenvalue weighted by atomic mass is 16.6. The fourth-order valence-corrected chi connectivity index (χ4v) is 3.21. The van der Waals surface area contributed by atoms with Crippen LogP contribution in [0.1, 0.15) is 18.9 Å². The van der Waals surface area contributed by atoms with E-state index in [1.165, 1.54) is 17.7 Å². The first-order valence-corrected chi connectivity index (χ1v) is 7.02. The van der Waals surface area contributed by atoms with Crippen molar-refractivity contribution in [1.82, 2.24) is 0 Å². The van der Waals surface area contributed by atoms with Crippen LogP contribution in [0.15, 0.2) is 36.4 Å². The summed E-state index contributed by atoms with van der Waals surface area (Å²) in [6, 6.07) is 11.2. The van der Waals surface area contributed by atoms with Crippen molar-refractivity contribution in [2.75, 3.05) is 4.90 Å². The van der Waals surface area contributed by atoms with Gasteiger partial charge in [-0.05, 0) is 37.5 Å². The van der Waals surface area contributed by atoms with Crippen molar-refractivity contribution in [1.29, 1.82) is 0 Å². The van der Waals surface area contributed by atoms with Crippen molar-refractivity contribution in [3.63, 3.8) is 0 Å². The van der Waals surface area contributed by atoms with Crippen molar-refractivity contribution in [2.24, 2.45) is 0 Å². The molecule has 0 radical (unpaired) electrons. The molecule has 0 unspecified atom stereocenters. The van der Waals surface area contributed by atoms with Crippen LogP contribution in [0.5, 0.6) is 11.5 Å². The molecule has 0 spiro atoms. The molecule has 5 heteroatoms. The summed E-state index contributed by atoms with van der Waals surface area (Å²) in [6.07, 6.45) is 2.10. The fourth-order valence-electron chi connectivity index (χ4n) is 3.21. The third-order valence-corrected chi connectivity index (χ3v) is 4.23. The van der Waals surface area contributed by atoms with Gasteiger partial charge in [0.15, 0.2) is 11.5 Å². The molecule has 0 aromatic heterocycles. The van der Waals surface area contributed by atoms with Gasteiger partial charge in [0.1, 0.15) is 0 Å². The molecule has 0 bridgehead atoms. The molecule has 0 N–H and O–H groups in total. The largest absolute Gasteiger partial charge is 0.453 e. The Labute approximate surface area is 121 Å². The van der Waals surface area contributed by atoms with Gasteiger partial charge in [-0.15, -0.1) is 0 Å². The van der Waals surface area contributed by atoms with E-state index in [1.807, 2.05) is 12.1 Å². The summed E-state index contributed by atoms with van der Waals surface area (Å²) in [6.45, 7) is 2.18. The second-order valence-corrected chi connectivity index (χ2v) is 5.53. The van der Waals surface area contributed by atoms with E-state index in [0.29, 0.717) is 11.8 Å². The minimum absolute atomic E-state index is 0.0537. The minimum atomic E-state index is -0.394. The number of non-ortho nitro benzene ring substituents is 1. The lowest BCUT2D eigenvalue weighted by Gasteiger charge is -2.41. The van der Waals surface area contributed by atoms with Crippen LogP contribution < -0.4 is 9.64 Å². The molecule has 2 aliphatic rings. The predicted octanol–water partition coefficient (Wildman–Crippen LogP) is 4.17. The Morgan fingerprint density at radius 3 is 2.95 bits per heavy atom. The number of nitro benzene ring substituents is 1. The second kappa shape index (κ2) is 4.22. The molecule has 0 saturated carbocycles. The molecule has 106 valence electrons. The molecule has 2 aromatic carbocycles. The van der Waals surface area contributed by atoms with E-state index in [0.717, 1.165) is 30.0 Å². The SMILES string of the molecule is C[C@H]1CCc2cccc3c2N1c1ccc([N+](=O)[O-])cc1O3. The first kappa shape index (κ1) is 12.2. The average Bonchev–Trinajstić information content (AvgIpc) is 2.49. The molecule has 21 heavy (non-hydrogen) atoms. The topological polar surface area (TPSA) is 55.6 Å². The Balaban J connectivity index is 1.93. The Morgan fingerprint density at radius 1 is 1.29 bits per heavy atom. The van der Waals surface area contributed by atoms with Crippen molar-refractivity contribution in [3.05, 3.63) is 52.1 Å². The Hall–Kier alpha value is -2.56. The maximum Gasteiger partial charge on any atom is 0.273 e. The van der Waals surface area contributed by atoms with Gasteiger partial charge in [-0.1, -0.05) is 12.1 Å². The summed E-state index contributed by atoms with van der Waals surface area (Å²) >= 11 is 0. The average molecular weight is 282 g/mol. The molecule has 2 heterocycles. The number of para-hydroxylation sites is 1. The summed E-state index contributed by atoms with van der Waals surface area (Å²) in [4.78, 5) is 12.8. The van der Waals surface area contributed by atoms with E-state index in [-0.39, 0.29) is 5.69 Å². The van der Waals surface area contributed by atoms with Crippen molar-refractivity contribution in [2.45, 2.75) is 25.8 Å². The molecular formula is C16H14N2O3. The van der Waals surface area contributed by atoms with Crippen LogP contribution in [-0.2, 0) is 6.42 Å². The van der Waals surface area contributed by atoms with Crippen molar-refractivity contribution < 1.29 is 9.66 Å². The van der Waals surface area contributed by atoms with Crippen LogP contribution >= 0.6 is 0 Å². The van der Waals surface area contributed by atoms with E-state index >= 15 is 0 Å². The zero-order chi connectivity index (χ0) is 14.6. The van der Waals surface area contributed by atoms with Gasteiger partial charge in [0.05, 0.1) is 22.4 Å². The molecule has 4 rings (SSSR count). The van der Waals surface area contributed by atoms with Crippen molar-refractivity contribution in [3.8, 4) is 11.5 Å². The fraction of sp³-hybridized carbons (Fsp3) is 0.250. The zero-order valence-corrected chi connectivity index (χ0v) is 11.6. The maximum absolute atomic E-state index is 10.9. The molecule has 0 fully saturated rings. The molecule has 2 aliphatic heterocycles. The van der Waals surface area contributed by atoms with Crippen molar-refractivity contribution >= 4 is 17.1 Å². The number of nitrogens with zero attached hydrogens (tertiary/aromatic N) is 2. The van der Waals surface area contributed by atoms with Gasteiger partial charge >= 0.3 is 0 Å². The normalized spacial score (nSPS) is 18.5. The van der Waals surface area contributed by atoms with E-state index in [4.69, 9.17) is 4.74 Å². The minimum Gasteiger partial charge on any atom is -0.453 e. The number of fused-ring (bicyclic) bond motifs is 2. The summed E-state index contributed by atoms with van der Waals surface area (Å²) in [5.74, 6) is 1.34.